The van der Waals surface area contributed by atoms with Crippen LogP contribution in [0.25, 0.3) is 0 Å². The van der Waals surface area contributed by atoms with Crippen molar-refractivity contribution < 1.29 is 34.8 Å². The van der Waals surface area contributed by atoms with Gasteiger partial charge in [-0.2, -0.15) is 0 Å². The third-order valence-electron chi connectivity index (χ3n) is 3.69. The van der Waals surface area contributed by atoms with E-state index in [1.165, 1.54) is 40.0 Å². The first-order chi connectivity index (χ1) is 10.7. The van der Waals surface area contributed by atoms with Gasteiger partial charge in [0.25, 0.3) is 0 Å². The van der Waals surface area contributed by atoms with Crippen LogP contribution >= 0.6 is 0 Å². The number of hydrogen-bond acceptors (Lipinski definition) is 8. The highest BCUT2D eigenvalue weighted by molar-refractivity contribution is 5.88. The van der Waals surface area contributed by atoms with E-state index < -0.39 is 36.4 Å². The predicted molar refractivity (Wildman–Crippen MR) is 73.6 cm³/mol. The maximum Gasteiger partial charge on any atom is 0.336 e. The van der Waals surface area contributed by atoms with Crippen LogP contribution in [0.2, 0.25) is 0 Å². The van der Waals surface area contributed by atoms with Crippen molar-refractivity contribution in [3.8, 4) is 0 Å². The van der Waals surface area contributed by atoms with Gasteiger partial charge >= 0.3 is 17.9 Å². The number of hydrogen-bond donors (Lipinski definition) is 4. The molecule has 4 N–H and O–H groups in total. The van der Waals surface area contributed by atoms with Gasteiger partial charge in [-0.25, -0.2) is 4.79 Å². The minimum Gasteiger partial charge on any atom is -0.481 e. The fraction of sp³-hybridized carbons (Fsp3) is 0.750. The van der Waals surface area contributed by atoms with E-state index in [0.717, 1.165) is 0 Å². The highest BCUT2D eigenvalue weighted by Crippen LogP contribution is 2.20. The molecule has 0 spiro atoms. The number of aliphatic carboxylic acids is 3. The lowest BCUT2D eigenvalue weighted by molar-refractivity contribution is -0.194. The molecule has 4 aliphatic rings. The molecule has 11 nitrogen and oxygen atoms in total. The third-order valence-corrected chi connectivity index (χ3v) is 3.69. The summed E-state index contributed by atoms with van der Waals surface area (Å²) in [6, 6.07) is 0. The number of aliphatic hydroxyl groups is 1. The summed E-state index contributed by atoms with van der Waals surface area (Å²) in [5.74, 6) is -5.02. The highest BCUT2D eigenvalue weighted by atomic mass is 16.4. The molecule has 4 saturated heterocycles. The molecule has 0 aromatic rings. The zero-order chi connectivity index (χ0) is 17.2. The van der Waals surface area contributed by atoms with Gasteiger partial charge in [0, 0.05) is 0 Å². The van der Waals surface area contributed by atoms with Gasteiger partial charge in [0.05, 0.1) is 52.9 Å². The number of rotatable bonds is 5. The molecule has 0 amide bonds. The van der Waals surface area contributed by atoms with Crippen molar-refractivity contribution in [2.75, 3.05) is 40.0 Å². The molecule has 0 atom stereocenters. The van der Waals surface area contributed by atoms with Crippen molar-refractivity contribution >= 4 is 17.9 Å². The van der Waals surface area contributed by atoms with Crippen LogP contribution in [-0.4, -0.2) is 104 Å². The molecule has 4 aliphatic heterocycles. The molecule has 0 aliphatic carbocycles. The molecule has 4 heterocycles. The molecule has 0 radical (unpaired) electrons. The lowest BCUT2D eigenvalue weighted by Crippen LogP contribution is -2.71. The van der Waals surface area contributed by atoms with Crippen molar-refractivity contribution in [2.24, 2.45) is 0 Å². The molecule has 11 heteroatoms. The average Bonchev–Trinajstić information content (AvgIpc) is 2.35. The van der Waals surface area contributed by atoms with E-state index in [1.807, 2.05) is 0 Å². The Hall–Kier alpha value is -1.79. The van der Waals surface area contributed by atoms with Gasteiger partial charge in [-0.05, 0) is 0 Å². The highest BCUT2D eigenvalue weighted by Gasteiger charge is 2.40. The average molecular weight is 332 g/mol. The summed E-state index contributed by atoms with van der Waals surface area (Å²) in [4.78, 5) is 40.4. The molecule has 0 aromatic heterocycles. The lowest BCUT2D eigenvalue weighted by Gasteiger charge is -2.56. The van der Waals surface area contributed by atoms with E-state index in [0.29, 0.717) is 0 Å². The van der Waals surface area contributed by atoms with Crippen molar-refractivity contribution in [3.63, 3.8) is 0 Å². The Balaban J connectivity index is 0.000000170. The molecule has 23 heavy (non-hydrogen) atoms. The largest absolute Gasteiger partial charge is 0.481 e. The van der Waals surface area contributed by atoms with Gasteiger partial charge in [-0.15, -0.1) is 0 Å². The van der Waals surface area contributed by atoms with Gasteiger partial charge in [-0.1, -0.05) is 0 Å². The monoisotopic (exact) mass is 332 g/mol. The minimum atomic E-state index is -2.74. The summed E-state index contributed by atoms with van der Waals surface area (Å²) in [5, 5.41) is 33.8. The first-order valence-electron chi connectivity index (χ1n) is 6.97. The summed E-state index contributed by atoms with van der Waals surface area (Å²) in [5.41, 5.74) is -2.74. The number of carboxylic acid groups (broad SMARTS) is 3. The van der Waals surface area contributed by atoms with Crippen LogP contribution in [0.1, 0.15) is 12.8 Å². The van der Waals surface area contributed by atoms with Crippen molar-refractivity contribution in [3.05, 3.63) is 0 Å². The van der Waals surface area contributed by atoms with Gasteiger partial charge in [0.2, 0.25) is 0 Å². The van der Waals surface area contributed by atoms with Gasteiger partial charge in [0.15, 0.2) is 5.60 Å². The molecular weight excluding hydrogens is 312 g/mol. The number of carboxylic acids is 3. The molecule has 4 fully saturated rings. The second-order valence-electron chi connectivity index (χ2n) is 6.01. The zero-order valence-corrected chi connectivity index (χ0v) is 12.5. The van der Waals surface area contributed by atoms with Crippen LogP contribution in [0, 0.1) is 0 Å². The summed E-state index contributed by atoms with van der Waals surface area (Å²) in [6.45, 7) is 7.12. The summed E-state index contributed by atoms with van der Waals surface area (Å²) < 4.78 is 0. The Bertz CT molecular complexity index is 425. The van der Waals surface area contributed by atoms with Crippen LogP contribution in [0.5, 0.6) is 0 Å². The fourth-order valence-electron chi connectivity index (χ4n) is 2.95. The second-order valence-corrected chi connectivity index (χ2v) is 6.01. The smallest absolute Gasteiger partial charge is 0.336 e. The molecular formula is C12H20N4O7. The van der Waals surface area contributed by atoms with E-state index in [9.17, 15) is 14.4 Å². The molecule has 130 valence electrons. The fourth-order valence-corrected chi connectivity index (χ4v) is 2.95. The quantitative estimate of drug-likeness (QED) is 0.432. The third kappa shape index (κ3) is 4.59. The number of nitrogens with zero attached hydrogens (tertiary/aromatic N) is 4. The first-order valence-corrected chi connectivity index (χ1v) is 6.97. The Labute approximate surface area is 131 Å². The van der Waals surface area contributed by atoms with Crippen molar-refractivity contribution in [1.82, 2.24) is 19.6 Å². The minimum absolute atomic E-state index is 1.14. The van der Waals surface area contributed by atoms with E-state index in [1.54, 1.807) is 0 Å². The first kappa shape index (κ1) is 17.6. The van der Waals surface area contributed by atoms with Crippen LogP contribution in [0.3, 0.4) is 0 Å². The van der Waals surface area contributed by atoms with Crippen LogP contribution in [-0.2, 0) is 14.4 Å². The standard InChI is InChI=1S/C6H12N4.C6H8O7/c1-7-2-9-4-8(1)5-10(3-7)6-9;7-3(8)1-6(13,5(11)12)2-4(9)10/h1-6H2;13H,1-2H2,(H,7,8)(H,9,10)(H,11,12). The Morgan fingerprint density at radius 3 is 1.13 bits per heavy atom. The van der Waals surface area contributed by atoms with Crippen LogP contribution in [0.15, 0.2) is 0 Å². The van der Waals surface area contributed by atoms with E-state index in [-0.39, 0.29) is 0 Å². The number of carbonyl (C=O) groups is 3. The summed E-state index contributed by atoms with van der Waals surface area (Å²) in [6.07, 6.45) is -2.29. The van der Waals surface area contributed by atoms with Crippen molar-refractivity contribution in [2.45, 2.75) is 18.4 Å². The van der Waals surface area contributed by atoms with Crippen LogP contribution < -0.4 is 0 Å². The second kappa shape index (κ2) is 6.76. The zero-order valence-electron chi connectivity index (χ0n) is 12.5. The maximum atomic E-state index is 10.3. The van der Waals surface area contributed by atoms with Crippen LogP contribution in [0.4, 0.5) is 0 Å². The SMILES string of the molecule is C1N2CN3CN1CN(C2)C3.O=C(O)CC(O)(CC(=O)O)C(=O)O. The molecule has 0 saturated carbocycles. The van der Waals surface area contributed by atoms with Gasteiger partial charge < -0.3 is 20.4 Å². The Morgan fingerprint density at radius 2 is 0.957 bits per heavy atom. The van der Waals surface area contributed by atoms with E-state index in [4.69, 9.17) is 20.4 Å². The van der Waals surface area contributed by atoms with Gasteiger partial charge in [0.1, 0.15) is 0 Å². The van der Waals surface area contributed by atoms with E-state index in [2.05, 4.69) is 19.6 Å². The lowest BCUT2D eigenvalue weighted by atomic mass is 9.96. The topological polar surface area (TPSA) is 145 Å². The van der Waals surface area contributed by atoms with E-state index >= 15 is 0 Å². The summed E-state index contributed by atoms with van der Waals surface area (Å²) >= 11 is 0. The summed E-state index contributed by atoms with van der Waals surface area (Å²) in [7, 11) is 0. The Kier molecular flexibility index (Phi) is 5.16. The normalized spacial score (nSPS) is 31.2. The molecule has 4 rings (SSSR count). The predicted octanol–water partition coefficient (Wildman–Crippen LogP) is -2.27. The Morgan fingerprint density at radius 1 is 0.696 bits per heavy atom. The molecule has 4 bridgehead atoms. The molecule has 0 aromatic carbocycles. The van der Waals surface area contributed by atoms with Gasteiger partial charge in [-0.3, -0.25) is 29.2 Å². The maximum absolute atomic E-state index is 10.3. The molecule has 0 unspecified atom stereocenters. The van der Waals surface area contributed by atoms with Crippen molar-refractivity contribution in [1.29, 1.82) is 0 Å².